The number of ether oxygens (including phenoxy) is 1. The Hall–Kier alpha value is -2.50. The molecule has 25 heavy (non-hydrogen) atoms. The Balaban J connectivity index is 1.59. The quantitative estimate of drug-likeness (QED) is 0.837. The van der Waals surface area contributed by atoms with E-state index in [4.69, 9.17) is 4.74 Å². The third kappa shape index (κ3) is 3.78. The van der Waals surface area contributed by atoms with E-state index < -0.39 is 0 Å². The largest absolute Gasteiger partial charge is 0.495 e. The second kappa shape index (κ2) is 7.59. The number of piperazine rings is 1. The average molecular weight is 342 g/mol. The zero-order valence-electron chi connectivity index (χ0n) is 15.2. The molecule has 1 aromatic carbocycles. The number of benzene rings is 1. The first-order valence-electron chi connectivity index (χ1n) is 8.76. The van der Waals surface area contributed by atoms with Crippen LogP contribution in [0.4, 0.5) is 5.69 Å². The lowest BCUT2D eigenvalue weighted by molar-refractivity contribution is -0.133. The smallest absolute Gasteiger partial charge is 0.224 e. The molecule has 3 rings (SSSR count). The Morgan fingerprint density at radius 3 is 2.76 bits per heavy atom. The van der Waals surface area contributed by atoms with E-state index in [2.05, 4.69) is 23.0 Å². The molecule has 1 aromatic heterocycles. The minimum atomic E-state index is 0.171. The van der Waals surface area contributed by atoms with E-state index in [0.717, 1.165) is 36.8 Å². The topological polar surface area (TPSA) is 50.6 Å². The summed E-state index contributed by atoms with van der Waals surface area (Å²) in [5, 5.41) is 4.25. The molecule has 1 saturated heterocycles. The van der Waals surface area contributed by atoms with E-state index in [1.807, 2.05) is 40.8 Å². The van der Waals surface area contributed by atoms with Gasteiger partial charge in [0.1, 0.15) is 5.75 Å². The number of hydrogen-bond donors (Lipinski definition) is 0. The van der Waals surface area contributed by atoms with Crippen LogP contribution in [0.25, 0.3) is 0 Å². The minimum Gasteiger partial charge on any atom is -0.495 e. The second-order valence-corrected chi connectivity index (χ2v) is 6.50. The Kier molecular flexibility index (Phi) is 5.26. The molecular weight excluding hydrogens is 316 g/mol. The van der Waals surface area contributed by atoms with Gasteiger partial charge in [0.15, 0.2) is 0 Å². The van der Waals surface area contributed by atoms with E-state index >= 15 is 0 Å². The summed E-state index contributed by atoms with van der Waals surface area (Å²) in [7, 11) is 1.69. The third-order valence-corrected chi connectivity index (χ3v) is 4.84. The second-order valence-electron chi connectivity index (χ2n) is 6.50. The van der Waals surface area contributed by atoms with Gasteiger partial charge >= 0.3 is 0 Å². The van der Waals surface area contributed by atoms with Gasteiger partial charge in [0.25, 0.3) is 0 Å². The number of amides is 1. The Labute approximate surface area is 149 Å². The highest BCUT2D eigenvalue weighted by Crippen LogP contribution is 2.29. The van der Waals surface area contributed by atoms with Crippen molar-refractivity contribution in [2.24, 2.45) is 0 Å². The van der Waals surface area contributed by atoms with Gasteiger partial charge in [-0.05, 0) is 32.0 Å². The van der Waals surface area contributed by atoms with Crippen LogP contribution in [0.2, 0.25) is 0 Å². The first-order chi connectivity index (χ1) is 12.1. The predicted molar refractivity (Wildman–Crippen MR) is 98.0 cm³/mol. The number of para-hydroxylation sites is 2. The lowest BCUT2D eigenvalue weighted by atomic mass is 10.1. The summed E-state index contributed by atoms with van der Waals surface area (Å²) in [6.45, 7) is 7.11. The summed E-state index contributed by atoms with van der Waals surface area (Å²) in [4.78, 5) is 16.9. The van der Waals surface area contributed by atoms with Crippen LogP contribution in [0.15, 0.2) is 36.5 Å². The van der Waals surface area contributed by atoms with Gasteiger partial charge in [-0.2, -0.15) is 5.10 Å². The molecule has 0 radical (unpaired) electrons. The summed E-state index contributed by atoms with van der Waals surface area (Å²) in [5.74, 6) is 1.07. The van der Waals surface area contributed by atoms with E-state index in [-0.39, 0.29) is 11.9 Å². The lowest BCUT2D eigenvalue weighted by Gasteiger charge is -2.41. The molecule has 2 aromatic rings. The van der Waals surface area contributed by atoms with Crippen molar-refractivity contribution >= 4 is 11.6 Å². The Morgan fingerprint density at radius 1 is 1.28 bits per heavy atom. The molecule has 6 nitrogen and oxygen atoms in total. The number of anilines is 1. The summed E-state index contributed by atoms with van der Waals surface area (Å²) in [5.41, 5.74) is 2.18. The molecule has 0 saturated carbocycles. The van der Waals surface area contributed by atoms with Crippen molar-refractivity contribution in [2.75, 3.05) is 31.6 Å². The fraction of sp³-hybridized carbons (Fsp3) is 0.474. The fourth-order valence-electron chi connectivity index (χ4n) is 3.42. The van der Waals surface area contributed by atoms with E-state index in [1.54, 1.807) is 13.3 Å². The first kappa shape index (κ1) is 17.3. The van der Waals surface area contributed by atoms with Gasteiger partial charge in [0.2, 0.25) is 5.91 Å². The molecule has 134 valence electrons. The molecule has 0 spiro atoms. The van der Waals surface area contributed by atoms with Crippen molar-refractivity contribution in [2.45, 2.75) is 32.9 Å². The van der Waals surface area contributed by atoms with Crippen LogP contribution >= 0.6 is 0 Å². The summed E-state index contributed by atoms with van der Waals surface area (Å²) >= 11 is 0. The maximum Gasteiger partial charge on any atom is 0.224 e. The fourth-order valence-corrected chi connectivity index (χ4v) is 3.42. The third-order valence-electron chi connectivity index (χ3n) is 4.84. The average Bonchev–Trinajstić information content (AvgIpc) is 3.04. The monoisotopic (exact) mass is 342 g/mol. The van der Waals surface area contributed by atoms with Gasteiger partial charge in [-0.3, -0.25) is 9.48 Å². The minimum absolute atomic E-state index is 0.171. The van der Waals surface area contributed by atoms with E-state index in [9.17, 15) is 4.79 Å². The van der Waals surface area contributed by atoms with E-state index in [0.29, 0.717) is 13.0 Å². The summed E-state index contributed by atoms with van der Waals surface area (Å²) in [6, 6.07) is 10.2. The van der Waals surface area contributed by atoms with Crippen LogP contribution < -0.4 is 9.64 Å². The van der Waals surface area contributed by atoms with Crippen LogP contribution in [-0.4, -0.2) is 53.4 Å². The predicted octanol–water partition coefficient (Wildman–Crippen LogP) is 2.33. The highest BCUT2D eigenvalue weighted by atomic mass is 16.5. The Morgan fingerprint density at radius 2 is 2.08 bits per heavy atom. The molecular formula is C19H26N4O2. The van der Waals surface area contributed by atoms with Crippen molar-refractivity contribution in [1.82, 2.24) is 14.7 Å². The summed E-state index contributed by atoms with van der Waals surface area (Å²) in [6.07, 6.45) is 2.26. The van der Waals surface area contributed by atoms with Gasteiger partial charge in [-0.25, -0.2) is 0 Å². The van der Waals surface area contributed by atoms with Crippen molar-refractivity contribution in [3.05, 3.63) is 42.2 Å². The molecule has 1 atom stereocenters. The molecule has 0 aliphatic carbocycles. The Bertz CT molecular complexity index is 728. The standard InChI is InChI=1S/C19H26N4O2/c1-15-8-10-20-23(15)11-9-19(24)22-13-12-21(14-16(22)2)17-6-4-5-7-18(17)25-3/h4-8,10,16H,9,11-14H2,1-3H3. The molecule has 0 N–H and O–H groups in total. The highest BCUT2D eigenvalue weighted by molar-refractivity contribution is 5.77. The maximum absolute atomic E-state index is 12.6. The van der Waals surface area contributed by atoms with Gasteiger partial charge in [-0.15, -0.1) is 0 Å². The normalized spacial score (nSPS) is 17.6. The van der Waals surface area contributed by atoms with Gasteiger partial charge in [0.05, 0.1) is 12.8 Å². The van der Waals surface area contributed by atoms with Crippen molar-refractivity contribution < 1.29 is 9.53 Å². The number of aromatic nitrogens is 2. The van der Waals surface area contributed by atoms with Crippen molar-refractivity contribution in [1.29, 1.82) is 0 Å². The SMILES string of the molecule is COc1ccccc1N1CCN(C(=O)CCn2nccc2C)C(C)C1. The van der Waals surface area contributed by atoms with Crippen LogP contribution in [0, 0.1) is 6.92 Å². The molecule has 1 unspecified atom stereocenters. The molecule has 1 aliphatic heterocycles. The van der Waals surface area contributed by atoms with Gasteiger partial charge < -0.3 is 14.5 Å². The number of rotatable bonds is 5. The van der Waals surface area contributed by atoms with E-state index in [1.165, 1.54) is 0 Å². The zero-order chi connectivity index (χ0) is 17.8. The van der Waals surface area contributed by atoms with Crippen LogP contribution in [0.1, 0.15) is 19.0 Å². The molecule has 1 amide bonds. The van der Waals surface area contributed by atoms with Crippen molar-refractivity contribution in [3.63, 3.8) is 0 Å². The van der Waals surface area contributed by atoms with Gasteiger partial charge in [0, 0.05) is 50.5 Å². The maximum atomic E-state index is 12.6. The van der Waals surface area contributed by atoms with Crippen LogP contribution in [-0.2, 0) is 11.3 Å². The molecule has 2 heterocycles. The number of aryl methyl sites for hydroxylation is 2. The summed E-state index contributed by atoms with van der Waals surface area (Å²) < 4.78 is 7.35. The molecule has 1 aliphatic rings. The zero-order valence-corrected chi connectivity index (χ0v) is 15.2. The van der Waals surface area contributed by atoms with Crippen molar-refractivity contribution in [3.8, 4) is 5.75 Å². The number of hydrogen-bond acceptors (Lipinski definition) is 4. The number of carbonyl (C=O) groups is 1. The number of nitrogens with zero attached hydrogens (tertiary/aromatic N) is 4. The molecule has 6 heteroatoms. The number of carbonyl (C=O) groups excluding carboxylic acids is 1. The van der Waals surface area contributed by atoms with Gasteiger partial charge in [-0.1, -0.05) is 12.1 Å². The van der Waals surface area contributed by atoms with Crippen LogP contribution in [0.5, 0.6) is 5.75 Å². The lowest BCUT2D eigenvalue weighted by Crippen LogP contribution is -2.54. The molecule has 0 bridgehead atoms. The van der Waals surface area contributed by atoms with Crippen LogP contribution in [0.3, 0.4) is 0 Å². The molecule has 1 fully saturated rings. The highest BCUT2D eigenvalue weighted by Gasteiger charge is 2.28. The number of methoxy groups -OCH3 is 1. The first-order valence-corrected chi connectivity index (χ1v) is 8.76.